The Morgan fingerprint density at radius 1 is 1.00 bits per heavy atom. The van der Waals surface area contributed by atoms with Gasteiger partial charge in [0.25, 0.3) is 5.91 Å². The second kappa shape index (κ2) is 9.79. The van der Waals surface area contributed by atoms with Crippen LogP contribution >= 0.6 is 0 Å². The second-order valence-corrected chi connectivity index (χ2v) is 12.2. The molecule has 40 heavy (non-hydrogen) atoms. The summed E-state index contributed by atoms with van der Waals surface area (Å²) in [4.78, 5) is 48.1. The molecule has 2 saturated heterocycles. The van der Waals surface area contributed by atoms with Crippen LogP contribution in [0.25, 0.3) is 0 Å². The molecule has 5 heterocycles. The number of nitrogens with zero attached hydrogens (tertiary/aromatic N) is 7. The van der Waals surface area contributed by atoms with Crippen molar-refractivity contribution >= 4 is 17.7 Å². The van der Waals surface area contributed by atoms with Crippen LogP contribution in [0.1, 0.15) is 47.7 Å². The Bertz CT molecular complexity index is 1430. The van der Waals surface area contributed by atoms with Gasteiger partial charge in [0.2, 0.25) is 11.8 Å². The number of hydrogen-bond donors (Lipinski definition) is 1. The van der Waals surface area contributed by atoms with E-state index >= 15 is 0 Å². The molecular formula is C29H34N8O3. The summed E-state index contributed by atoms with van der Waals surface area (Å²) in [6.07, 6.45) is 5.90. The molecule has 1 N–H and O–H groups in total. The standard InChI is InChI=1S/C29H34N8O3/c1-19-7-8-21(34-33-19)12-31-25(38)24-15-35(16-29(24)17-36(18-29)27(40)23-10-28(23,2)3)26(39)20-11-32-37(13-20)14-22-6-4-5-9-30-22/h4-9,11,13,23-24H,10,12,14-18H2,1-3H3,(H,31,38)/t23-,24+/m1/s1. The minimum Gasteiger partial charge on any atom is -0.350 e. The van der Waals surface area contributed by atoms with E-state index in [1.54, 1.807) is 28.2 Å². The van der Waals surface area contributed by atoms with Gasteiger partial charge in [0, 0.05) is 49.9 Å². The zero-order chi connectivity index (χ0) is 28.1. The number of hydrogen-bond acceptors (Lipinski definition) is 7. The molecule has 3 fully saturated rings. The quantitative estimate of drug-likeness (QED) is 0.481. The Balaban J connectivity index is 1.16. The lowest BCUT2D eigenvalue weighted by atomic mass is 9.71. The normalized spacial score (nSPS) is 22.2. The maximum atomic E-state index is 13.6. The van der Waals surface area contributed by atoms with Crippen LogP contribution in [-0.4, -0.2) is 78.7 Å². The summed E-state index contributed by atoms with van der Waals surface area (Å²) in [5.41, 5.74) is 2.35. The highest BCUT2D eigenvalue weighted by molar-refractivity contribution is 5.95. The zero-order valence-corrected chi connectivity index (χ0v) is 23.1. The summed E-state index contributed by atoms with van der Waals surface area (Å²) in [6, 6.07) is 9.37. The summed E-state index contributed by atoms with van der Waals surface area (Å²) >= 11 is 0. The molecule has 2 atom stereocenters. The molecule has 11 heteroatoms. The summed E-state index contributed by atoms with van der Waals surface area (Å²) < 4.78 is 1.69. The Hall–Kier alpha value is -4.15. The number of rotatable bonds is 7. The molecule has 2 aliphatic heterocycles. The predicted octanol–water partition coefficient (Wildman–Crippen LogP) is 1.69. The van der Waals surface area contributed by atoms with Gasteiger partial charge in [0.15, 0.2) is 0 Å². The van der Waals surface area contributed by atoms with Gasteiger partial charge in [-0.1, -0.05) is 19.9 Å². The first-order valence-electron chi connectivity index (χ1n) is 13.7. The van der Waals surface area contributed by atoms with Gasteiger partial charge >= 0.3 is 0 Å². The number of amides is 3. The first-order chi connectivity index (χ1) is 19.1. The minimum absolute atomic E-state index is 0.0405. The van der Waals surface area contributed by atoms with Gasteiger partial charge in [0.1, 0.15) is 0 Å². The van der Waals surface area contributed by atoms with Crippen LogP contribution in [-0.2, 0) is 22.7 Å². The third-order valence-corrected chi connectivity index (χ3v) is 8.61. The van der Waals surface area contributed by atoms with E-state index in [1.165, 1.54) is 0 Å². The van der Waals surface area contributed by atoms with Crippen LogP contribution in [0.4, 0.5) is 0 Å². The van der Waals surface area contributed by atoms with Gasteiger partial charge in [-0.05, 0) is 43.0 Å². The fourth-order valence-electron chi connectivity index (χ4n) is 6.01. The lowest BCUT2D eigenvalue weighted by molar-refractivity contribution is -0.151. The molecule has 3 aromatic heterocycles. The fraction of sp³-hybridized carbons (Fsp3) is 0.483. The van der Waals surface area contributed by atoms with E-state index in [4.69, 9.17) is 0 Å². The summed E-state index contributed by atoms with van der Waals surface area (Å²) in [6.45, 7) is 8.44. The highest BCUT2D eigenvalue weighted by Gasteiger charge is 2.61. The van der Waals surface area contributed by atoms with Gasteiger partial charge in [0.05, 0.1) is 47.8 Å². The average molecular weight is 543 g/mol. The first kappa shape index (κ1) is 26.1. The van der Waals surface area contributed by atoms with E-state index in [2.05, 4.69) is 39.4 Å². The third-order valence-electron chi connectivity index (χ3n) is 8.61. The van der Waals surface area contributed by atoms with Crippen LogP contribution in [0.5, 0.6) is 0 Å². The molecular weight excluding hydrogens is 508 g/mol. The van der Waals surface area contributed by atoms with Crippen molar-refractivity contribution < 1.29 is 14.4 Å². The van der Waals surface area contributed by atoms with Crippen molar-refractivity contribution in [3.8, 4) is 0 Å². The molecule has 3 amide bonds. The number of nitrogens with one attached hydrogen (secondary N) is 1. The predicted molar refractivity (Wildman–Crippen MR) is 144 cm³/mol. The number of aryl methyl sites for hydroxylation is 1. The summed E-state index contributed by atoms with van der Waals surface area (Å²) in [5, 5.41) is 15.6. The van der Waals surface area contributed by atoms with Gasteiger partial charge in [-0.15, -0.1) is 0 Å². The largest absolute Gasteiger partial charge is 0.350 e. The SMILES string of the molecule is Cc1ccc(CNC(=O)[C@@H]2CN(C(=O)c3cnn(Cc4ccccn4)c3)CC23CN(C(=O)[C@H]2CC2(C)C)C3)nn1. The van der Waals surface area contributed by atoms with E-state index in [9.17, 15) is 14.4 Å². The Morgan fingerprint density at radius 3 is 2.45 bits per heavy atom. The Kier molecular flexibility index (Phi) is 6.39. The van der Waals surface area contributed by atoms with Crippen molar-refractivity contribution in [3.05, 3.63) is 71.6 Å². The lowest BCUT2D eigenvalue weighted by Crippen LogP contribution is -2.64. The van der Waals surface area contributed by atoms with E-state index < -0.39 is 11.3 Å². The highest BCUT2D eigenvalue weighted by atomic mass is 16.2. The molecule has 1 aliphatic carbocycles. The molecule has 208 valence electrons. The molecule has 0 bridgehead atoms. The van der Waals surface area contributed by atoms with Crippen molar-refractivity contribution in [2.24, 2.45) is 22.7 Å². The molecule has 3 aromatic rings. The maximum Gasteiger partial charge on any atom is 0.257 e. The van der Waals surface area contributed by atoms with Crippen LogP contribution < -0.4 is 5.32 Å². The number of aromatic nitrogens is 5. The molecule has 3 aliphatic rings. The molecule has 0 radical (unpaired) electrons. The number of carbonyl (C=O) groups excluding carboxylic acids is 3. The maximum absolute atomic E-state index is 13.6. The van der Waals surface area contributed by atoms with Gasteiger partial charge in [-0.3, -0.25) is 24.0 Å². The fourth-order valence-corrected chi connectivity index (χ4v) is 6.01. The van der Waals surface area contributed by atoms with Crippen molar-refractivity contribution in [1.29, 1.82) is 0 Å². The number of carbonyl (C=O) groups is 3. The van der Waals surface area contributed by atoms with Gasteiger partial charge in [-0.25, -0.2) is 0 Å². The van der Waals surface area contributed by atoms with Crippen LogP contribution in [0.3, 0.4) is 0 Å². The van der Waals surface area contributed by atoms with Crippen molar-refractivity contribution in [3.63, 3.8) is 0 Å². The summed E-state index contributed by atoms with van der Waals surface area (Å²) in [5.74, 6) is -0.539. The average Bonchev–Trinajstić information content (AvgIpc) is 3.25. The molecule has 6 rings (SSSR count). The Labute approximate surface area is 233 Å². The molecule has 1 spiro atoms. The molecule has 0 unspecified atom stereocenters. The first-order valence-corrected chi connectivity index (χ1v) is 13.7. The summed E-state index contributed by atoms with van der Waals surface area (Å²) in [7, 11) is 0. The lowest BCUT2D eigenvalue weighted by Gasteiger charge is -2.50. The van der Waals surface area contributed by atoms with Crippen LogP contribution in [0.15, 0.2) is 48.9 Å². The van der Waals surface area contributed by atoms with Gasteiger partial charge in [-0.2, -0.15) is 15.3 Å². The monoisotopic (exact) mass is 542 g/mol. The molecule has 11 nitrogen and oxygen atoms in total. The van der Waals surface area contributed by atoms with Crippen molar-refractivity contribution in [1.82, 2.24) is 40.1 Å². The van der Waals surface area contributed by atoms with E-state index in [0.717, 1.165) is 17.8 Å². The van der Waals surface area contributed by atoms with E-state index in [0.29, 0.717) is 37.4 Å². The highest BCUT2D eigenvalue weighted by Crippen LogP contribution is 2.54. The van der Waals surface area contributed by atoms with Crippen LogP contribution in [0, 0.1) is 29.6 Å². The van der Waals surface area contributed by atoms with Crippen LogP contribution in [0.2, 0.25) is 0 Å². The molecule has 1 saturated carbocycles. The molecule has 0 aromatic carbocycles. The van der Waals surface area contributed by atoms with E-state index in [1.807, 2.05) is 42.2 Å². The minimum atomic E-state index is -0.475. The van der Waals surface area contributed by atoms with Crippen molar-refractivity contribution in [2.45, 2.75) is 40.3 Å². The third kappa shape index (κ3) is 4.96. The van der Waals surface area contributed by atoms with Gasteiger partial charge < -0.3 is 15.1 Å². The zero-order valence-electron chi connectivity index (χ0n) is 23.1. The van der Waals surface area contributed by atoms with E-state index in [-0.39, 0.29) is 42.1 Å². The number of pyridine rings is 1. The number of likely N-dealkylation sites (tertiary alicyclic amines) is 2. The smallest absolute Gasteiger partial charge is 0.257 e. The van der Waals surface area contributed by atoms with Crippen molar-refractivity contribution in [2.75, 3.05) is 26.2 Å². The topological polar surface area (TPSA) is 126 Å². The Morgan fingerprint density at radius 2 is 1.77 bits per heavy atom. The second-order valence-electron chi connectivity index (χ2n) is 12.2.